The number of hydrogen-bond acceptors (Lipinski definition) is 3. The van der Waals surface area contributed by atoms with Crippen molar-refractivity contribution in [3.8, 4) is 11.1 Å². The van der Waals surface area contributed by atoms with Gasteiger partial charge in [0.05, 0.1) is 0 Å². The molecule has 1 atom stereocenters. The third-order valence-electron chi connectivity index (χ3n) is 5.63. The van der Waals surface area contributed by atoms with Gasteiger partial charge in [-0.15, -0.1) is 12.4 Å². The number of piperazine rings is 1. The van der Waals surface area contributed by atoms with Gasteiger partial charge in [0.1, 0.15) is 0 Å². The molecule has 26 heavy (non-hydrogen) atoms. The zero-order chi connectivity index (χ0) is 17.1. The highest BCUT2D eigenvalue weighted by molar-refractivity contribution is 5.85. The highest BCUT2D eigenvalue weighted by Gasteiger charge is 2.28. The summed E-state index contributed by atoms with van der Waals surface area (Å²) >= 11 is 0. The number of nitrogens with one attached hydrogen (secondary N) is 1. The van der Waals surface area contributed by atoms with Crippen molar-refractivity contribution in [3.05, 3.63) is 59.7 Å². The summed E-state index contributed by atoms with van der Waals surface area (Å²) in [5, 5.41) is 3.46. The van der Waals surface area contributed by atoms with E-state index in [-0.39, 0.29) is 12.4 Å². The Hall–Kier alpha value is -1.39. The number of rotatable bonds is 4. The highest BCUT2D eigenvalue weighted by Crippen LogP contribution is 2.23. The number of aryl methyl sites for hydroxylation is 1. The molecule has 0 aliphatic carbocycles. The van der Waals surface area contributed by atoms with Gasteiger partial charge in [-0.3, -0.25) is 9.80 Å². The van der Waals surface area contributed by atoms with E-state index in [9.17, 15) is 0 Å². The Morgan fingerprint density at radius 3 is 2.50 bits per heavy atom. The number of benzene rings is 2. The quantitative estimate of drug-likeness (QED) is 0.886. The molecule has 2 aromatic rings. The van der Waals surface area contributed by atoms with Gasteiger partial charge in [-0.1, -0.05) is 48.0 Å². The molecule has 0 aromatic heterocycles. The summed E-state index contributed by atoms with van der Waals surface area (Å²) in [5.41, 5.74) is 5.39. The Kier molecular flexibility index (Phi) is 6.71. The summed E-state index contributed by atoms with van der Waals surface area (Å²) in [7, 11) is 0. The molecule has 0 saturated carbocycles. The molecule has 140 valence electrons. The maximum Gasteiger partial charge on any atom is 0.0236 e. The monoisotopic (exact) mass is 371 g/mol. The largest absolute Gasteiger partial charge is 0.314 e. The smallest absolute Gasteiger partial charge is 0.0236 e. The van der Waals surface area contributed by atoms with Crippen molar-refractivity contribution in [1.82, 2.24) is 15.1 Å². The number of likely N-dealkylation sites (tertiary alicyclic amines) is 1. The van der Waals surface area contributed by atoms with Gasteiger partial charge in [-0.25, -0.2) is 0 Å². The van der Waals surface area contributed by atoms with Crippen LogP contribution in [-0.2, 0) is 6.54 Å². The minimum Gasteiger partial charge on any atom is -0.314 e. The molecule has 0 spiro atoms. The van der Waals surface area contributed by atoms with E-state index in [0.29, 0.717) is 0 Å². The van der Waals surface area contributed by atoms with Crippen LogP contribution in [0.25, 0.3) is 11.1 Å². The Morgan fingerprint density at radius 2 is 1.73 bits per heavy atom. The molecule has 4 heteroatoms. The molecule has 2 fully saturated rings. The molecule has 2 saturated heterocycles. The Labute approximate surface area is 163 Å². The topological polar surface area (TPSA) is 18.5 Å². The van der Waals surface area contributed by atoms with Gasteiger partial charge in [-0.05, 0) is 36.1 Å². The van der Waals surface area contributed by atoms with E-state index in [1.54, 1.807) is 0 Å². The molecule has 1 N–H and O–H groups in total. The van der Waals surface area contributed by atoms with Crippen LogP contribution in [0.4, 0.5) is 0 Å². The van der Waals surface area contributed by atoms with E-state index in [1.165, 1.54) is 54.9 Å². The van der Waals surface area contributed by atoms with Crippen molar-refractivity contribution in [1.29, 1.82) is 0 Å². The average molecular weight is 372 g/mol. The van der Waals surface area contributed by atoms with Crippen LogP contribution < -0.4 is 5.32 Å². The van der Waals surface area contributed by atoms with Gasteiger partial charge in [-0.2, -0.15) is 0 Å². The van der Waals surface area contributed by atoms with E-state index in [2.05, 4.69) is 70.6 Å². The van der Waals surface area contributed by atoms with Crippen molar-refractivity contribution in [2.24, 2.45) is 0 Å². The number of hydrogen-bond donors (Lipinski definition) is 1. The van der Waals surface area contributed by atoms with Crippen LogP contribution in [0.2, 0.25) is 0 Å². The van der Waals surface area contributed by atoms with Gasteiger partial charge in [0, 0.05) is 51.9 Å². The number of halogens is 1. The summed E-state index contributed by atoms with van der Waals surface area (Å²) in [6.07, 6.45) is 1.32. The van der Waals surface area contributed by atoms with Crippen LogP contribution in [0.15, 0.2) is 48.5 Å². The fraction of sp³-hybridized carbons (Fsp3) is 0.455. The summed E-state index contributed by atoms with van der Waals surface area (Å²) < 4.78 is 0. The van der Waals surface area contributed by atoms with Crippen LogP contribution in [-0.4, -0.2) is 55.1 Å². The molecule has 0 bridgehead atoms. The lowest BCUT2D eigenvalue weighted by Crippen LogP contribution is -2.49. The molecular formula is C22H30ClN3. The first kappa shape index (κ1) is 19.4. The molecule has 0 radical (unpaired) electrons. The van der Waals surface area contributed by atoms with Gasteiger partial charge in [0.15, 0.2) is 0 Å². The van der Waals surface area contributed by atoms with Crippen LogP contribution in [0.1, 0.15) is 17.5 Å². The first-order valence-electron chi connectivity index (χ1n) is 9.61. The normalized spacial score (nSPS) is 21.5. The minimum atomic E-state index is 0. The van der Waals surface area contributed by atoms with Crippen LogP contribution in [0, 0.1) is 6.92 Å². The molecule has 2 aliphatic rings. The predicted octanol–water partition coefficient (Wildman–Crippen LogP) is 3.56. The van der Waals surface area contributed by atoms with E-state index >= 15 is 0 Å². The Morgan fingerprint density at radius 1 is 0.962 bits per heavy atom. The van der Waals surface area contributed by atoms with Gasteiger partial charge in [0.25, 0.3) is 0 Å². The van der Waals surface area contributed by atoms with Gasteiger partial charge >= 0.3 is 0 Å². The van der Waals surface area contributed by atoms with Crippen molar-refractivity contribution in [2.45, 2.75) is 25.9 Å². The van der Waals surface area contributed by atoms with E-state index in [4.69, 9.17) is 0 Å². The lowest BCUT2D eigenvalue weighted by atomic mass is 10.0. The lowest BCUT2D eigenvalue weighted by Gasteiger charge is -2.32. The first-order chi connectivity index (χ1) is 12.3. The fourth-order valence-electron chi connectivity index (χ4n) is 4.15. The van der Waals surface area contributed by atoms with Gasteiger partial charge < -0.3 is 5.32 Å². The molecule has 2 aromatic carbocycles. The molecule has 0 amide bonds. The Balaban J connectivity index is 0.00000196. The predicted molar refractivity (Wildman–Crippen MR) is 112 cm³/mol. The molecule has 3 nitrogen and oxygen atoms in total. The lowest BCUT2D eigenvalue weighted by molar-refractivity contribution is 0.170. The fourth-order valence-corrected chi connectivity index (χ4v) is 4.15. The molecule has 4 rings (SSSR count). The Bertz CT molecular complexity index is 695. The van der Waals surface area contributed by atoms with Crippen LogP contribution >= 0.6 is 12.4 Å². The summed E-state index contributed by atoms with van der Waals surface area (Å²) in [4.78, 5) is 5.31. The average Bonchev–Trinajstić information content (AvgIpc) is 3.12. The third-order valence-corrected chi connectivity index (χ3v) is 5.63. The second-order valence-electron chi connectivity index (χ2n) is 7.53. The molecule has 2 aliphatic heterocycles. The van der Waals surface area contributed by atoms with Gasteiger partial charge in [0.2, 0.25) is 0 Å². The first-order valence-corrected chi connectivity index (χ1v) is 9.61. The second-order valence-corrected chi connectivity index (χ2v) is 7.53. The SMILES string of the molecule is Cc1ccc(-c2cccc(CN3CCC(N4CCNCC4)C3)c2)cc1.Cl. The zero-order valence-electron chi connectivity index (χ0n) is 15.7. The maximum absolute atomic E-state index is 3.46. The van der Waals surface area contributed by atoms with Crippen molar-refractivity contribution >= 4 is 12.4 Å². The third kappa shape index (κ3) is 4.66. The molecule has 1 unspecified atom stereocenters. The van der Waals surface area contributed by atoms with Crippen molar-refractivity contribution < 1.29 is 0 Å². The summed E-state index contributed by atoms with van der Waals surface area (Å²) in [6.45, 7) is 10.4. The van der Waals surface area contributed by atoms with Crippen LogP contribution in [0.3, 0.4) is 0 Å². The van der Waals surface area contributed by atoms with Crippen LogP contribution in [0.5, 0.6) is 0 Å². The standard InChI is InChI=1S/C22H29N3.ClH/c1-18-5-7-20(8-6-18)21-4-2-3-19(15-21)16-24-12-9-22(17-24)25-13-10-23-11-14-25;/h2-8,15,22-23H,9-14,16-17H2,1H3;1H. The summed E-state index contributed by atoms with van der Waals surface area (Å²) in [5.74, 6) is 0. The highest BCUT2D eigenvalue weighted by atomic mass is 35.5. The minimum absolute atomic E-state index is 0. The van der Waals surface area contributed by atoms with E-state index in [1.807, 2.05) is 0 Å². The van der Waals surface area contributed by atoms with Crippen molar-refractivity contribution in [3.63, 3.8) is 0 Å². The second kappa shape index (κ2) is 9.01. The molecule has 2 heterocycles. The van der Waals surface area contributed by atoms with E-state index in [0.717, 1.165) is 25.7 Å². The zero-order valence-corrected chi connectivity index (χ0v) is 16.5. The van der Waals surface area contributed by atoms with Crippen molar-refractivity contribution in [2.75, 3.05) is 39.3 Å². The summed E-state index contributed by atoms with van der Waals surface area (Å²) in [6, 6.07) is 18.7. The maximum atomic E-state index is 3.46. The number of nitrogens with zero attached hydrogens (tertiary/aromatic N) is 2. The molecular weight excluding hydrogens is 342 g/mol. The van der Waals surface area contributed by atoms with E-state index < -0.39 is 0 Å².